The molecule has 0 aliphatic carbocycles. The number of carboxylic acids is 1. The molecule has 0 bridgehead atoms. The number of aliphatic hydroxyl groups excluding tert-OH is 4. The van der Waals surface area contributed by atoms with E-state index in [-0.39, 0.29) is 17.4 Å². The molecule has 0 spiro atoms. The standard InChI is InChI=1S/C30H50O9/c1-21(38-30-28(35)27(34)26(33)24(20-31)39-30)16-13-11-9-7-5-3-2-4-6-8-10-12-14-17-22-18-15-19-23(32)25(22)29(36)37/h15,18-19,21,24,26-28,30-35H,2-14,16-17,20H2,1H3,(H,36,37)/t21?,24-,26-,27+,28+,30-/m1/s1. The summed E-state index contributed by atoms with van der Waals surface area (Å²) in [5.74, 6) is -1.23. The number of hydrogen-bond donors (Lipinski definition) is 6. The third kappa shape index (κ3) is 11.7. The number of unbranched alkanes of at least 4 members (excludes halogenated alkanes) is 12. The summed E-state index contributed by atoms with van der Waals surface area (Å²) in [5.41, 5.74) is 0.742. The van der Waals surface area contributed by atoms with E-state index in [2.05, 4.69) is 0 Å². The molecule has 1 unspecified atom stereocenters. The van der Waals surface area contributed by atoms with Gasteiger partial charge in [0.2, 0.25) is 0 Å². The van der Waals surface area contributed by atoms with Crippen LogP contribution < -0.4 is 0 Å². The fourth-order valence-electron chi connectivity index (χ4n) is 5.21. The second-order valence-corrected chi connectivity index (χ2v) is 10.9. The number of carbonyl (C=O) groups is 1. The van der Waals surface area contributed by atoms with Gasteiger partial charge in [-0.25, -0.2) is 4.79 Å². The molecule has 0 saturated carbocycles. The third-order valence-corrected chi connectivity index (χ3v) is 7.61. The molecule has 6 N–H and O–H groups in total. The molecule has 6 atom stereocenters. The van der Waals surface area contributed by atoms with Crippen LogP contribution in [0.5, 0.6) is 5.75 Å². The lowest BCUT2D eigenvalue weighted by Crippen LogP contribution is -2.59. The van der Waals surface area contributed by atoms with Crippen LogP contribution >= 0.6 is 0 Å². The van der Waals surface area contributed by atoms with Crippen molar-refractivity contribution < 1.29 is 44.9 Å². The monoisotopic (exact) mass is 554 g/mol. The minimum absolute atomic E-state index is 0.0351. The molecule has 1 aromatic carbocycles. The maximum atomic E-state index is 11.3. The summed E-state index contributed by atoms with van der Waals surface area (Å²) in [5, 5.41) is 58.1. The van der Waals surface area contributed by atoms with Crippen molar-refractivity contribution >= 4 is 5.97 Å². The Morgan fingerprint density at radius 3 is 1.92 bits per heavy atom. The minimum Gasteiger partial charge on any atom is -0.507 e. The van der Waals surface area contributed by atoms with Gasteiger partial charge in [-0.05, 0) is 37.8 Å². The highest BCUT2D eigenvalue weighted by Gasteiger charge is 2.44. The van der Waals surface area contributed by atoms with E-state index in [9.17, 15) is 35.4 Å². The summed E-state index contributed by atoms with van der Waals surface area (Å²) >= 11 is 0. The van der Waals surface area contributed by atoms with Gasteiger partial charge in [0, 0.05) is 0 Å². The maximum absolute atomic E-state index is 11.3. The van der Waals surface area contributed by atoms with Crippen molar-refractivity contribution in [1.82, 2.24) is 0 Å². The first-order valence-electron chi connectivity index (χ1n) is 14.8. The first-order chi connectivity index (χ1) is 18.8. The van der Waals surface area contributed by atoms with Crippen LogP contribution in [-0.2, 0) is 15.9 Å². The second kappa shape index (κ2) is 18.6. The van der Waals surface area contributed by atoms with Gasteiger partial charge >= 0.3 is 5.97 Å². The smallest absolute Gasteiger partial charge is 0.339 e. The van der Waals surface area contributed by atoms with Gasteiger partial charge in [-0.15, -0.1) is 0 Å². The number of aromatic hydroxyl groups is 1. The first kappa shape index (κ1) is 33.5. The molecule has 9 heteroatoms. The Morgan fingerprint density at radius 1 is 0.846 bits per heavy atom. The van der Waals surface area contributed by atoms with Crippen molar-refractivity contribution in [3.05, 3.63) is 29.3 Å². The molecule has 224 valence electrons. The predicted molar refractivity (Wildman–Crippen MR) is 148 cm³/mol. The Morgan fingerprint density at radius 2 is 1.38 bits per heavy atom. The summed E-state index contributed by atoms with van der Waals surface area (Å²) in [6, 6.07) is 4.90. The molecule has 0 amide bonds. The van der Waals surface area contributed by atoms with E-state index in [0.29, 0.717) is 12.0 Å². The largest absolute Gasteiger partial charge is 0.507 e. The molecular formula is C30H50O9. The van der Waals surface area contributed by atoms with E-state index < -0.39 is 43.3 Å². The van der Waals surface area contributed by atoms with E-state index in [1.807, 2.05) is 6.92 Å². The number of ether oxygens (including phenoxy) is 2. The number of rotatable bonds is 20. The highest BCUT2D eigenvalue weighted by Crippen LogP contribution is 2.25. The Labute approximate surface area is 232 Å². The summed E-state index contributed by atoms with van der Waals surface area (Å²) in [6.07, 6.45) is 10.3. The summed E-state index contributed by atoms with van der Waals surface area (Å²) in [4.78, 5) is 11.3. The van der Waals surface area contributed by atoms with Crippen molar-refractivity contribution in [2.75, 3.05) is 6.61 Å². The molecule has 1 heterocycles. The molecule has 1 aliphatic rings. The van der Waals surface area contributed by atoms with Crippen molar-refractivity contribution in [3.63, 3.8) is 0 Å². The van der Waals surface area contributed by atoms with Crippen LogP contribution in [0.3, 0.4) is 0 Å². The number of aryl methyl sites for hydroxylation is 1. The van der Waals surface area contributed by atoms with E-state index in [1.165, 1.54) is 57.4 Å². The number of benzene rings is 1. The van der Waals surface area contributed by atoms with E-state index in [4.69, 9.17) is 9.47 Å². The Hall–Kier alpha value is -1.75. The third-order valence-electron chi connectivity index (χ3n) is 7.61. The highest BCUT2D eigenvalue weighted by molar-refractivity contribution is 5.92. The number of aliphatic hydroxyl groups is 4. The number of hydrogen-bond acceptors (Lipinski definition) is 8. The molecule has 1 fully saturated rings. The fraction of sp³-hybridized carbons (Fsp3) is 0.767. The van der Waals surface area contributed by atoms with Gasteiger partial charge in [-0.3, -0.25) is 0 Å². The summed E-state index contributed by atoms with van der Waals surface area (Å²) < 4.78 is 11.1. The van der Waals surface area contributed by atoms with Crippen LogP contribution in [0.25, 0.3) is 0 Å². The predicted octanol–water partition coefficient (Wildman–Crippen LogP) is 4.30. The lowest BCUT2D eigenvalue weighted by molar-refractivity contribution is -0.310. The molecule has 39 heavy (non-hydrogen) atoms. The lowest BCUT2D eigenvalue weighted by atomic mass is 9.99. The molecule has 1 saturated heterocycles. The summed E-state index contributed by atoms with van der Waals surface area (Å²) in [6.45, 7) is 1.44. The molecule has 1 aliphatic heterocycles. The van der Waals surface area contributed by atoms with Gasteiger partial charge in [0.05, 0.1) is 12.7 Å². The van der Waals surface area contributed by atoms with E-state index >= 15 is 0 Å². The Kier molecular flexibility index (Phi) is 15.9. The van der Waals surface area contributed by atoms with E-state index in [0.717, 1.165) is 38.5 Å². The van der Waals surface area contributed by atoms with Gasteiger partial charge in [0.1, 0.15) is 35.7 Å². The van der Waals surface area contributed by atoms with Crippen LogP contribution in [0.1, 0.15) is 113 Å². The second-order valence-electron chi connectivity index (χ2n) is 10.9. The van der Waals surface area contributed by atoms with Crippen LogP contribution in [0.15, 0.2) is 18.2 Å². The normalized spacial score (nSPS) is 24.1. The molecular weight excluding hydrogens is 504 g/mol. The van der Waals surface area contributed by atoms with Crippen molar-refractivity contribution in [2.45, 2.75) is 140 Å². The maximum Gasteiger partial charge on any atom is 0.339 e. The molecule has 1 aromatic rings. The summed E-state index contributed by atoms with van der Waals surface area (Å²) in [7, 11) is 0. The number of aromatic carboxylic acids is 1. The number of phenols is 1. The topological polar surface area (TPSA) is 157 Å². The average Bonchev–Trinajstić information content (AvgIpc) is 2.90. The lowest BCUT2D eigenvalue weighted by Gasteiger charge is -2.40. The van der Waals surface area contributed by atoms with Gasteiger partial charge in [-0.2, -0.15) is 0 Å². The Balaban J connectivity index is 1.39. The van der Waals surface area contributed by atoms with Crippen molar-refractivity contribution in [1.29, 1.82) is 0 Å². The fourth-order valence-corrected chi connectivity index (χ4v) is 5.21. The number of carboxylic acid groups (broad SMARTS) is 1. The van der Waals surface area contributed by atoms with Crippen LogP contribution in [0, 0.1) is 0 Å². The zero-order chi connectivity index (χ0) is 28.6. The molecule has 0 radical (unpaired) electrons. The SMILES string of the molecule is CC(CCCCCCCCCCCCCCCc1cccc(O)c1C(=O)O)O[C@@H]1O[C@H](CO)[C@@H](O)[C@H](O)[C@@H]1O. The van der Waals surface area contributed by atoms with Crippen molar-refractivity contribution in [3.8, 4) is 5.75 Å². The van der Waals surface area contributed by atoms with Crippen LogP contribution in [-0.4, -0.2) is 80.0 Å². The van der Waals surface area contributed by atoms with Gasteiger partial charge in [0.15, 0.2) is 6.29 Å². The van der Waals surface area contributed by atoms with Crippen LogP contribution in [0.4, 0.5) is 0 Å². The zero-order valence-corrected chi connectivity index (χ0v) is 23.4. The Bertz CT molecular complexity index is 816. The first-order valence-corrected chi connectivity index (χ1v) is 14.8. The van der Waals surface area contributed by atoms with Crippen molar-refractivity contribution in [2.24, 2.45) is 0 Å². The zero-order valence-electron chi connectivity index (χ0n) is 23.4. The quantitative estimate of drug-likeness (QED) is 0.129. The van der Waals surface area contributed by atoms with Gasteiger partial charge in [-0.1, -0.05) is 89.2 Å². The van der Waals surface area contributed by atoms with Gasteiger partial charge < -0.3 is 40.1 Å². The average molecular weight is 555 g/mol. The van der Waals surface area contributed by atoms with Crippen LogP contribution in [0.2, 0.25) is 0 Å². The molecule has 2 rings (SSSR count). The van der Waals surface area contributed by atoms with Gasteiger partial charge in [0.25, 0.3) is 0 Å². The van der Waals surface area contributed by atoms with E-state index in [1.54, 1.807) is 12.1 Å². The highest BCUT2D eigenvalue weighted by atomic mass is 16.7. The molecule has 0 aromatic heterocycles. The minimum atomic E-state index is -1.41. The molecule has 9 nitrogen and oxygen atoms in total.